The molecule has 3 aromatic rings. The molecule has 0 N–H and O–H groups in total. The predicted octanol–water partition coefficient (Wildman–Crippen LogP) is 4.23. The Hall–Kier alpha value is -3.22. The van der Waals surface area contributed by atoms with E-state index in [-0.39, 0.29) is 11.5 Å². The lowest BCUT2D eigenvalue weighted by Crippen LogP contribution is -2.51. The summed E-state index contributed by atoms with van der Waals surface area (Å²) in [6, 6.07) is 26.1. The van der Waals surface area contributed by atoms with Crippen molar-refractivity contribution in [2.45, 2.75) is 15.7 Å². The molecule has 6 heteroatoms. The van der Waals surface area contributed by atoms with E-state index in [0.29, 0.717) is 11.1 Å². The van der Waals surface area contributed by atoms with Crippen molar-refractivity contribution in [3.63, 3.8) is 0 Å². The summed E-state index contributed by atoms with van der Waals surface area (Å²) in [6.45, 7) is -0.0182. The van der Waals surface area contributed by atoms with Crippen LogP contribution < -0.4 is 0 Å². The van der Waals surface area contributed by atoms with E-state index in [0.717, 1.165) is 5.56 Å². The largest absolute Gasteiger partial charge is 0.467 e. The van der Waals surface area contributed by atoms with Crippen LogP contribution >= 0.6 is 0 Å². The summed E-state index contributed by atoms with van der Waals surface area (Å²) in [5.74, 6) is -0.870. The molecule has 1 heterocycles. The summed E-state index contributed by atoms with van der Waals surface area (Å²) in [4.78, 5) is 13.5. The number of benzene rings is 3. The van der Waals surface area contributed by atoms with Gasteiger partial charge in [-0.2, -0.15) is 0 Å². The lowest BCUT2D eigenvalue weighted by atomic mass is 9.89. The van der Waals surface area contributed by atoms with E-state index in [2.05, 4.69) is 0 Å². The minimum atomic E-state index is -4.25. The van der Waals surface area contributed by atoms with Crippen molar-refractivity contribution in [3.05, 3.63) is 108 Å². The Morgan fingerprint density at radius 2 is 1.48 bits per heavy atom. The zero-order valence-corrected chi connectivity index (χ0v) is 17.8. The maximum Gasteiger partial charge on any atom is 0.335 e. The number of hydrogen-bond acceptors (Lipinski definition) is 5. The highest BCUT2D eigenvalue weighted by atomic mass is 32.2. The predicted molar refractivity (Wildman–Crippen MR) is 118 cm³/mol. The van der Waals surface area contributed by atoms with Crippen molar-refractivity contribution in [2.24, 2.45) is 0 Å². The maximum absolute atomic E-state index is 14.1. The van der Waals surface area contributed by atoms with Gasteiger partial charge in [-0.25, -0.2) is 13.2 Å². The van der Waals surface area contributed by atoms with Crippen LogP contribution in [0, 0.1) is 0 Å². The summed E-state index contributed by atoms with van der Waals surface area (Å²) in [5, 5.41) is 0. The van der Waals surface area contributed by atoms with Crippen LogP contribution in [0.15, 0.2) is 101 Å². The molecule has 5 nitrogen and oxygen atoms in total. The Balaban J connectivity index is 2.03. The third kappa shape index (κ3) is 3.48. The molecule has 3 aromatic carbocycles. The molecular weight excluding hydrogens is 412 g/mol. The molecule has 2 atom stereocenters. The molecule has 0 amide bonds. The first-order valence-electron chi connectivity index (χ1n) is 9.82. The Bertz CT molecular complexity index is 1190. The normalized spacial score (nSPS) is 22.4. The average Bonchev–Trinajstić information content (AvgIpc) is 3.20. The van der Waals surface area contributed by atoms with Crippen LogP contribution in [0.3, 0.4) is 0 Å². The van der Waals surface area contributed by atoms with Crippen LogP contribution in [0.2, 0.25) is 0 Å². The third-order valence-corrected chi connectivity index (χ3v) is 7.84. The molecule has 1 aliphatic heterocycles. The molecule has 0 aromatic heterocycles. The number of esters is 1. The first kappa shape index (κ1) is 21.0. The molecule has 31 heavy (non-hydrogen) atoms. The average molecular weight is 435 g/mol. The van der Waals surface area contributed by atoms with Gasteiger partial charge in [0, 0.05) is 0 Å². The van der Waals surface area contributed by atoms with Crippen molar-refractivity contribution >= 4 is 21.9 Å². The van der Waals surface area contributed by atoms with Gasteiger partial charge in [0.2, 0.25) is 14.6 Å². The minimum absolute atomic E-state index is 0.0182. The number of carbonyl (C=O) groups excluding carboxylic acids is 1. The van der Waals surface area contributed by atoms with Crippen LogP contribution in [0.1, 0.15) is 17.2 Å². The van der Waals surface area contributed by atoms with Crippen LogP contribution in [0.4, 0.5) is 0 Å². The number of methoxy groups -OCH3 is 1. The van der Waals surface area contributed by atoms with Crippen molar-refractivity contribution in [1.82, 2.24) is 0 Å². The van der Waals surface area contributed by atoms with Gasteiger partial charge in [0.15, 0.2) is 0 Å². The molecule has 1 fully saturated rings. The van der Waals surface area contributed by atoms with E-state index in [1.807, 2.05) is 36.4 Å². The molecule has 0 saturated carbocycles. The fraction of sp³-hybridized carbons (Fsp3) is 0.160. The Labute approximate surface area is 181 Å². The first-order valence-corrected chi connectivity index (χ1v) is 11.3. The van der Waals surface area contributed by atoms with Gasteiger partial charge in [0.1, 0.15) is 6.10 Å². The molecule has 0 unspecified atom stereocenters. The van der Waals surface area contributed by atoms with Crippen molar-refractivity contribution in [3.8, 4) is 0 Å². The van der Waals surface area contributed by atoms with Crippen LogP contribution in [-0.4, -0.2) is 32.9 Å². The van der Waals surface area contributed by atoms with Gasteiger partial charge in [0.05, 0.1) is 18.6 Å². The molecule has 1 aliphatic rings. The van der Waals surface area contributed by atoms with Crippen LogP contribution in [-0.2, 0) is 24.1 Å². The SMILES string of the molecule is COC(=O)[C@]1(S(=O)(=O)c2ccccc2)/C(=C/c2ccccc2)CO[C@@H]1c1ccccc1. The zero-order valence-electron chi connectivity index (χ0n) is 17.0. The highest BCUT2D eigenvalue weighted by Gasteiger charge is 2.65. The first-order chi connectivity index (χ1) is 15.0. The Morgan fingerprint density at radius 1 is 0.935 bits per heavy atom. The Kier molecular flexibility index (Phi) is 5.76. The van der Waals surface area contributed by atoms with E-state index in [4.69, 9.17) is 9.47 Å². The lowest BCUT2D eigenvalue weighted by Gasteiger charge is -2.32. The second kappa shape index (κ2) is 8.49. The monoisotopic (exact) mass is 434 g/mol. The standard InChI is InChI=1S/C25H22O5S/c1-29-24(26)25(31(27,28)22-15-9-4-10-16-22)21(17-19-11-5-2-6-12-19)18-30-23(25)20-13-7-3-8-14-20/h2-17,23H,18H2,1H3/b21-17+/t23-,25+/m1/s1. The van der Waals surface area contributed by atoms with Gasteiger partial charge < -0.3 is 9.47 Å². The lowest BCUT2D eigenvalue weighted by molar-refractivity contribution is -0.144. The minimum Gasteiger partial charge on any atom is -0.467 e. The number of rotatable bonds is 5. The van der Waals surface area contributed by atoms with Crippen molar-refractivity contribution < 1.29 is 22.7 Å². The number of hydrogen-bond donors (Lipinski definition) is 0. The molecule has 1 saturated heterocycles. The molecule has 0 bridgehead atoms. The third-order valence-electron chi connectivity index (χ3n) is 5.46. The maximum atomic E-state index is 14.1. The summed E-state index contributed by atoms with van der Waals surface area (Å²) < 4.78 is 37.3. The topological polar surface area (TPSA) is 69.7 Å². The zero-order chi connectivity index (χ0) is 21.9. The number of ether oxygens (including phenoxy) is 2. The van der Waals surface area contributed by atoms with Gasteiger partial charge in [-0.05, 0) is 28.8 Å². The highest BCUT2D eigenvalue weighted by molar-refractivity contribution is 7.94. The van der Waals surface area contributed by atoms with Gasteiger partial charge >= 0.3 is 5.97 Å². The van der Waals surface area contributed by atoms with Crippen molar-refractivity contribution in [1.29, 1.82) is 0 Å². The quantitative estimate of drug-likeness (QED) is 0.562. The molecule has 4 rings (SSSR count). The number of sulfone groups is 1. The van der Waals surface area contributed by atoms with Gasteiger partial charge in [-0.1, -0.05) is 84.9 Å². The summed E-state index contributed by atoms with van der Waals surface area (Å²) in [7, 11) is -3.05. The molecule has 0 aliphatic carbocycles. The van der Waals surface area contributed by atoms with E-state index >= 15 is 0 Å². The fourth-order valence-electron chi connectivity index (χ4n) is 4.02. The van der Waals surface area contributed by atoms with Crippen LogP contribution in [0.25, 0.3) is 6.08 Å². The second-order valence-corrected chi connectivity index (χ2v) is 9.35. The highest BCUT2D eigenvalue weighted by Crippen LogP contribution is 2.50. The summed E-state index contributed by atoms with van der Waals surface area (Å²) in [6.07, 6.45) is 0.654. The molecule has 158 valence electrons. The molecular formula is C25H22O5S. The van der Waals surface area contributed by atoms with Crippen LogP contribution in [0.5, 0.6) is 0 Å². The Morgan fingerprint density at radius 3 is 2.06 bits per heavy atom. The van der Waals surface area contributed by atoms with Crippen molar-refractivity contribution in [2.75, 3.05) is 13.7 Å². The fourth-order valence-corrected chi connectivity index (χ4v) is 6.16. The van der Waals surface area contributed by atoms with E-state index in [1.165, 1.54) is 19.2 Å². The summed E-state index contributed by atoms with van der Waals surface area (Å²) >= 11 is 0. The second-order valence-electron chi connectivity index (χ2n) is 7.23. The van der Waals surface area contributed by atoms with E-state index in [1.54, 1.807) is 48.5 Å². The molecule has 0 radical (unpaired) electrons. The van der Waals surface area contributed by atoms with E-state index < -0.39 is 26.7 Å². The van der Waals surface area contributed by atoms with Gasteiger partial charge in [-0.15, -0.1) is 0 Å². The summed E-state index contributed by atoms with van der Waals surface area (Å²) in [5.41, 5.74) is 1.69. The van der Waals surface area contributed by atoms with Gasteiger partial charge in [-0.3, -0.25) is 0 Å². The molecule has 0 spiro atoms. The van der Waals surface area contributed by atoms with E-state index in [9.17, 15) is 13.2 Å². The number of carbonyl (C=O) groups is 1. The smallest absolute Gasteiger partial charge is 0.335 e. The van der Waals surface area contributed by atoms with Gasteiger partial charge in [0.25, 0.3) is 0 Å².